The number of rotatable bonds is 3. The fourth-order valence-corrected chi connectivity index (χ4v) is 3.02. The summed E-state index contributed by atoms with van der Waals surface area (Å²) in [7, 11) is 3.33. The second kappa shape index (κ2) is 5.65. The molecule has 1 saturated heterocycles. The number of methoxy groups -OCH3 is 2. The summed E-state index contributed by atoms with van der Waals surface area (Å²) in [4.78, 5) is 0. The van der Waals surface area contributed by atoms with Crippen LogP contribution in [-0.4, -0.2) is 31.8 Å². The average molecular weight is 253 g/mol. The third kappa shape index (κ3) is 2.87. The maximum atomic E-state index is 5.33. The van der Waals surface area contributed by atoms with Gasteiger partial charge in [0.25, 0.3) is 0 Å². The fraction of sp³-hybridized carbons (Fsp3) is 0.538. The van der Waals surface area contributed by atoms with Crippen molar-refractivity contribution >= 4 is 11.8 Å². The first kappa shape index (κ1) is 12.6. The largest absolute Gasteiger partial charge is 0.493 e. The van der Waals surface area contributed by atoms with Gasteiger partial charge >= 0.3 is 0 Å². The van der Waals surface area contributed by atoms with Gasteiger partial charge in [-0.15, -0.1) is 0 Å². The zero-order valence-electron chi connectivity index (χ0n) is 10.5. The van der Waals surface area contributed by atoms with E-state index in [0.717, 1.165) is 23.8 Å². The van der Waals surface area contributed by atoms with Gasteiger partial charge in [-0.25, -0.2) is 0 Å². The van der Waals surface area contributed by atoms with Gasteiger partial charge < -0.3 is 14.8 Å². The Morgan fingerprint density at radius 2 is 2.00 bits per heavy atom. The highest BCUT2D eigenvalue weighted by molar-refractivity contribution is 8.00. The van der Waals surface area contributed by atoms with Gasteiger partial charge in [-0.2, -0.15) is 11.8 Å². The molecule has 1 aromatic rings. The minimum absolute atomic E-state index is 0.413. The van der Waals surface area contributed by atoms with Crippen molar-refractivity contribution < 1.29 is 9.47 Å². The van der Waals surface area contributed by atoms with Crippen LogP contribution in [0.3, 0.4) is 0 Å². The summed E-state index contributed by atoms with van der Waals surface area (Å²) >= 11 is 2.01. The summed E-state index contributed by atoms with van der Waals surface area (Å²) in [6.45, 7) is 3.31. The van der Waals surface area contributed by atoms with E-state index in [1.807, 2.05) is 17.8 Å². The molecule has 1 aliphatic rings. The van der Waals surface area contributed by atoms with Gasteiger partial charge in [0.15, 0.2) is 11.5 Å². The van der Waals surface area contributed by atoms with Crippen molar-refractivity contribution in [3.05, 3.63) is 23.8 Å². The summed E-state index contributed by atoms with van der Waals surface area (Å²) in [6.07, 6.45) is 0. The molecule has 1 N–H and O–H groups in total. The first-order valence-corrected chi connectivity index (χ1v) is 6.86. The van der Waals surface area contributed by atoms with Crippen LogP contribution in [0.5, 0.6) is 11.5 Å². The zero-order chi connectivity index (χ0) is 12.3. The first-order valence-electron chi connectivity index (χ1n) is 5.81. The molecule has 0 aliphatic carbocycles. The SMILES string of the molecule is COc1ccc(C2CSC(C)CN2)cc1OC. The Balaban J connectivity index is 2.16. The predicted molar refractivity (Wildman–Crippen MR) is 72.2 cm³/mol. The normalized spacial score (nSPS) is 24.4. The maximum Gasteiger partial charge on any atom is 0.161 e. The molecule has 2 atom stereocenters. The van der Waals surface area contributed by atoms with Crippen LogP contribution in [0.25, 0.3) is 0 Å². The molecular formula is C13H19NO2S. The average Bonchev–Trinajstić information content (AvgIpc) is 2.39. The lowest BCUT2D eigenvalue weighted by atomic mass is 10.1. The molecule has 17 heavy (non-hydrogen) atoms. The maximum absolute atomic E-state index is 5.33. The van der Waals surface area contributed by atoms with Crippen molar-refractivity contribution in [2.24, 2.45) is 0 Å². The van der Waals surface area contributed by atoms with E-state index in [-0.39, 0.29) is 0 Å². The van der Waals surface area contributed by atoms with E-state index >= 15 is 0 Å². The molecule has 1 aromatic carbocycles. The molecule has 94 valence electrons. The third-order valence-corrected chi connectivity index (χ3v) is 4.27. The van der Waals surface area contributed by atoms with Crippen LogP contribution in [0.15, 0.2) is 18.2 Å². The number of nitrogens with one attached hydrogen (secondary N) is 1. The standard InChI is InChI=1S/C13H19NO2S/c1-9-7-14-11(8-17-9)10-4-5-12(15-2)13(6-10)16-3/h4-6,9,11,14H,7-8H2,1-3H3. The second-order valence-corrected chi connectivity index (χ2v) is 5.69. The Labute approximate surface area is 107 Å². The van der Waals surface area contributed by atoms with Crippen molar-refractivity contribution in [1.29, 1.82) is 0 Å². The van der Waals surface area contributed by atoms with E-state index in [0.29, 0.717) is 11.3 Å². The van der Waals surface area contributed by atoms with Gasteiger partial charge in [-0.3, -0.25) is 0 Å². The van der Waals surface area contributed by atoms with Crippen molar-refractivity contribution in [3.8, 4) is 11.5 Å². The van der Waals surface area contributed by atoms with Gasteiger partial charge in [0.05, 0.1) is 14.2 Å². The Morgan fingerprint density at radius 1 is 1.24 bits per heavy atom. The molecule has 0 amide bonds. The highest BCUT2D eigenvalue weighted by atomic mass is 32.2. The smallest absolute Gasteiger partial charge is 0.161 e. The highest BCUT2D eigenvalue weighted by Gasteiger charge is 2.20. The van der Waals surface area contributed by atoms with Gasteiger partial charge in [0.1, 0.15) is 0 Å². The lowest BCUT2D eigenvalue weighted by Crippen LogP contribution is -2.34. The van der Waals surface area contributed by atoms with Crippen molar-refractivity contribution in [2.75, 3.05) is 26.5 Å². The quantitative estimate of drug-likeness (QED) is 0.896. The minimum Gasteiger partial charge on any atom is -0.493 e. The predicted octanol–water partition coefficient (Wildman–Crippen LogP) is 2.47. The fourth-order valence-electron chi connectivity index (χ4n) is 1.97. The second-order valence-electron chi connectivity index (χ2n) is 4.22. The lowest BCUT2D eigenvalue weighted by molar-refractivity contribution is 0.354. The minimum atomic E-state index is 0.413. The van der Waals surface area contributed by atoms with Crippen LogP contribution >= 0.6 is 11.8 Å². The van der Waals surface area contributed by atoms with Crippen molar-refractivity contribution in [2.45, 2.75) is 18.2 Å². The Morgan fingerprint density at radius 3 is 2.59 bits per heavy atom. The van der Waals surface area contributed by atoms with E-state index < -0.39 is 0 Å². The third-order valence-electron chi connectivity index (χ3n) is 3.01. The molecule has 0 aromatic heterocycles. The van der Waals surface area contributed by atoms with Gasteiger partial charge in [-0.05, 0) is 17.7 Å². The van der Waals surface area contributed by atoms with E-state index in [1.54, 1.807) is 14.2 Å². The molecule has 2 rings (SSSR count). The summed E-state index contributed by atoms with van der Waals surface area (Å²) < 4.78 is 10.6. The van der Waals surface area contributed by atoms with E-state index in [9.17, 15) is 0 Å². The van der Waals surface area contributed by atoms with Gasteiger partial charge in [0, 0.05) is 23.6 Å². The molecule has 0 bridgehead atoms. The monoisotopic (exact) mass is 253 g/mol. The molecule has 2 unspecified atom stereocenters. The van der Waals surface area contributed by atoms with Gasteiger partial charge in [-0.1, -0.05) is 13.0 Å². The summed E-state index contributed by atoms with van der Waals surface area (Å²) in [6, 6.07) is 6.55. The lowest BCUT2D eigenvalue weighted by Gasteiger charge is -2.28. The van der Waals surface area contributed by atoms with E-state index in [2.05, 4.69) is 24.4 Å². The Bertz CT molecular complexity index is 376. The van der Waals surface area contributed by atoms with Crippen LogP contribution in [-0.2, 0) is 0 Å². The van der Waals surface area contributed by atoms with E-state index in [4.69, 9.17) is 9.47 Å². The van der Waals surface area contributed by atoms with Crippen LogP contribution in [0.2, 0.25) is 0 Å². The van der Waals surface area contributed by atoms with Crippen LogP contribution in [0, 0.1) is 0 Å². The van der Waals surface area contributed by atoms with Crippen LogP contribution < -0.4 is 14.8 Å². The molecule has 1 aliphatic heterocycles. The first-order chi connectivity index (χ1) is 8.24. The molecule has 0 spiro atoms. The Hall–Kier alpha value is -0.870. The summed E-state index contributed by atoms with van der Waals surface area (Å²) in [5, 5.41) is 4.26. The molecule has 1 fully saturated rings. The summed E-state index contributed by atoms with van der Waals surface area (Å²) in [5.74, 6) is 2.69. The van der Waals surface area contributed by atoms with Crippen molar-refractivity contribution in [1.82, 2.24) is 5.32 Å². The molecule has 3 nitrogen and oxygen atoms in total. The van der Waals surface area contributed by atoms with Crippen LogP contribution in [0.4, 0.5) is 0 Å². The van der Waals surface area contributed by atoms with Crippen molar-refractivity contribution in [3.63, 3.8) is 0 Å². The number of hydrogen-bond acceptors (Lipinski definition) is 4. The topological polar surface area (TPSA) is 30.5 Å². The Kier molecular flexibility index (Phi) is 4.18. The highest BCUT2D eigenvalue weighted by Crippen LogP contribution is 2.32. The molecule has 0 saturated carbocycles. The number of hydrogen-bond donors (Lipinski definition) is 1. The molecule has 4 heteroatoms. The number of benzene rings is 1. The molecular weight excluding hydrogens is 234 g/mol. The summed E-state index contributed by atoms with van der Waals surface area (Å²) in [5.41, 5.74) is 1.27. The number of ether oxygens (including phenoxy) is 2. The number of thioether (sulfide) groups is 1. The van der Waals surface area contributed by atoms with Gasteiger partial charge in [0.2, 0.25) is 0 Å². The molecule has 1 heterocycles. The van der Waals surface area contributed by atoms with E-state index in [1.165, 1.54) is 5.56 Å². The zero-order valence-corrected chi connectivity index (χ0v) is 11.3. The van der Waals surface area contributed by atoms with Crippen LogP contribution in [0.1, 0.15) is 18.5 Å². The molecule has 0 radical (unpaired) electrons.